The predicted octanol–water partition coefficient (Wildman–Crippen LogP) is 1.70. The molecule has 17 heavy (non-hydrogen) atoms. The normalized spacial score (nSPS) is 11.8. The van der Waals surface area contributed by atoms with Crippen LogP contribution in [0.5, 0.6) is 0 Å². The number of aliphatic hydroxyl groups is 1. The van der Waals surface area contributed by atoms with Crippen LogP contribution in [-0.4, -0.2) is 14.7 Å². The first kappa shape index (κ1) is 11.7. The molecule has 2 N–H and O–H groups in total. The van der Waals surface area contributed by atoms with Gasteiger partial charge < -0.3 is 10.1 Å². The number of nitrogens with zero attached hydrogens (tertiary/aromatic N) is 1. The van der Waals surface area contributed by atoms with E-state index in [-0.39, 0.29) is 5.69 Å². The molecule has 0 bridgehead atoms. The van der Waals surface area contributed by atoms with Crippen LogP contribution in [-0.2, 0) is 5.60 Å². The Balaban J connectivity index is 2.47. The first-order chi connectivity index (χ1) is 7.89. The van der Waals surface area contributed by atoms with Gasteiger partial charge in [-0.15, -0.1) is 0 Å². The van der Waals surface area contributed by atoms with Crippen molar-refractivity contribution in [3.63, 3.8) is 0 Å². The Morgan fingerprint density at radius 2 is 1.82 bits per heavy atom. The summed E-state index contributed by atoms with van der Waals surface area (Å²) in [6.07, 6.45) is 1.67. The maximum Gasteiger partial charge on any atom is 0.330 e. The highest BCUT2D eigenvalue weighted by molar-refractivity contribution is 5.37. The summed E-state index contributed by atoms with van der Waals surface area (Å²) in [7, 11) is 0. The summed E-state index contributed by atoms with van der Waals surface area (Å²) in [5.74, 6) is 0. The molecule has 90 valence electrons. The maximum absolute atomic E-state index is 11.6. The Kier molecular flexibility index (Phi) is 2.67. The molecule has 0 aliphatic rings. The SMILES string of the molecule is Cc1c[nH]c(=O)n1-c1ccc(C(C)(C)O)cc1. The van der Waals surface area contributed by atoms with Gasteiger partial charge in [-0.2, -0.15) is 0 Å². The molecule has 0 aliphatic carbocycles. The van der Waals surface area contributed by atoms with Gasteiger partial charge >= 0.3 is 5.69 Å². The van der Waals surface area contributed by atoms with E-state index < -0.39 is 5.60 Å². The average Bonchev–Trinajstić information content (AvgIpc) is 2.58. The van der Waals surface area contributed by atoms with E-state index in [4.69, 9.17) is 0 Å². The van der Waals surface area contributed by atoms with Crippen molar-refractivity contribution in [2.75, 3.05) is 0 Å². The molecule has 0 saturated heterocycles. The number of imidazole rings is 1. The van der Waals surface area contributed by atoms with E-state index in [2.05, 4.69) is 4.98 Å². The van der Waals surface area contributed by atoms with Crippen LogP contribution < -0.4 is 5.69 Å². The fraction of sp³-hybridized carbons (Fsp3) is 0.308. The van der Waals surface area contributed by atoms with Gasteiger partial charge in [-0.05, 0) is 38.5 Å². The minimum absolute atomic E-state index is 0.154. The second-order valence-electron chi connectivity index (χ2n) is 4.68. The summed E-state index contributed by atoms with van der Waals surface area (Å²) < 4.78 is 1.59. The largest absolute Gasteiger partial charge is 0.386 e. The number of hydrogen-bond donors (Lipinski definition) is 2. The Morgan fingerprint density at radius 1 is 1.24 bits per heavy atom. The summed E-state index contributed by atoms with van der Waals surface area (Å²) in [6, 6.07) is 7.31. The zero-order valence-electron chi connectivity index (χ0n) is 10.2. The Bertz CT molecular complexity index is 571. The quantitative estimate of drug-likeness (QED) is 0.828. The monoisotopic (exact) mass is 232 g/mol. The van der Waals surface area contributed by atoms with Crippen LogP contribution in [0.25, 0.3) is 5.69 Å². The van der Waals surface area contributed by atoms with Gasteiger partial charge in [-0.25, -0.2) is 4.79 Å². The fourth-order valence-corrected chi connectivity index (χ4v) is 1.79. The molecule has 0 saturated carbocycles. The van der Waals surface area contributed by atoms with Crippen LogP contribution in [0, 0.1) is 6.92 Å². The van der Waals surface area contributed by atoms with Gasteiger partial charge in [0.1, 0.15) is 0 Å². The van der Waals surface area contributed by atoms with E-state index in [1.54, 1.807) is 24.6 Å². The number of rotatable bonds is 2. The third-order valence-electron chi connectivity index (χ3n) is 2.79. The van der Waals surface area contributed by atoms with E-state index in [9.17, 15) is 9.90 Å². The first-order valence-electron chi connectivity index (χ1n) is 5.50. The van der Waals surface area contributed by atoms with Crippen LogP contribution in [0.15, 0.2) is 35.3 Å². The molecule has 0 atom stereocenters. The van der Waals surface area contributed by atoms with Crippen molar-refractivity contribution in [2.24, 2.45) is 0 Å². The fourth-order valence-electron chi connectivity index (χ4n) is 1.79. The average molecular weight is 232 g/mol. The second-order valence-corrected chi connectivity index (χ2v) is 4.68. The second kappa shape index (κ2) is 3.89. The number of aromatic amines is 1. The van der Waals surface area contributed by atoms with Gasteiger partial charge in [-0.3, -0.25) is 4.57 Å². The topological polar surface area (TPSA) is 58.0 Å². The van der Waals surface area contributed by atoms with Crippen molar-refractivity contribution in [3.05, 3.63) is 52.2 Å². The Hall–Kier alpha value is -1.81. The zero-order valence-corrected chi connectivity index (χ0v) is 10.2. The lowest BCUT2D eigenvalue weighted by molar-refractivity contribution is 0.0786. The number of benzene rings is 1. The van der Waals surface area contributed by atoms with Crippen molar-refractivity contribution >= 4 is 0 Å². The van der Waals surface area contributed by atoms with Gasteiger partial charge in [0.05, 0.1) is 11.3 Å². The molecule has 2 aromatic rings. The molecule has 0 amide bonds. The summed E-state index contributed by atoms with van der Waals surface area (Å²) in [4.78, 5) is 14.2. The Labute approximate surface area is 99.5 Å². The molecule has 0 fully saturated rings. The highest BCUT2D eigenvalue weighted by Crippen LogP contribution is 2.20. The highest BCUT2D eigenvalue weighted by atomic mass is 16.3. The van der Waals surface area contributed by atoms with Crippen molar-refractivity contribution in [2.45, 2.75) is 26.4 Å². The Morgan fingerprint density at radius 3 is 2.24 bits per heavy atom. The predicted molar refractivity (Wildman–Crippen MR) is 66.4 cm³/mol. The number of nitrogens with one attached hydrogen (secondary N) is 1. The smallest absolute Gasteiger partial charge is 0.330 e. The van der Waals surface area contributed by atoms with E-state index in [0.29, 0.717) is 0 Å². The summed E-state index contributed by atoms with van der Waals surface area (Å²) >= 11 is 0. The molecule has 0 unspecified atom stereocenters. The molecule has 1 aromatic carbocycles. The van der Waals surface area contributed by atoms with Crippen LogP contribution in [0.1, 0.15) is 25.1 Å². The molecule has 0 radical (unpaired) electrons. The van der Waals surface area contributed by atoms with Crippen molar-refractivity contribution in [1.82, 2.24) is 9.55 Å². The molecule has 1 aromatic heterocycles. The number of aromatic nitrogens is 2. The van der Waals surface area contributed by atoms with Gasteiger partial charge in [-0.1, -0.05) is 12.1 Å². The highest BCUT2D eigenvalue weighted by Gasteiger charge is 2.15. The van der Waals surface area contributed by atoms with Crippen molar-refractivity contribution in [3.8, 4) is 5.69 Å². The lowest BCUT2D eigenvalue weighted by Gasteiger charge is -2.18. The molecule has 4 heteroatoms. The van der Waals surface area contributed by atoms with E-state index in [1.165, 1.54) is 0 Å². The van der Waals surface area contributed by atoms with Gasteiger partial charge in [0.25, 0.3) is 0 Å². The third-order valence-corrected chi connectivity index (χ3v) is 2.79. The van der Waals surface area contributed by atoms with Crippen molar-refractivity contribution in [1.29, 1.82) is 0 Å². The van der Waals surface area contributed by atoms with E-state index >= 15 is 0 Å². The number of hydrogen-bond acceptors (Lipinski definition) is 2. The van der Waals surface area contributed by atoms with Crippen LogP contribution in [0.2, 0.25) is 0 Å². The molecular formula is C13H16N2O2. The zero-order chi connectivity index (χ0) is 12.6. The lowest BCUT2D eigenvalue weighted by atomic mass is 9.98. The molecule has 0 spiro atoms. The first-order valence-corrected chi connectivity index (χ1v) is 5.50. The van der Waals surface area contributed by atoms with Crippen molar-refractivity contribution < 1.29 is 5.11 Å². The summed E-state index contributed by atoms with van der Waals surface area (Å²) in [5, 5.41) is 9.84. The maximum atomic E-state index is 11.6. The molecule has 1 heterocycles. The summed E-state index contributed by atoms with van der Waals surface area (Å²) in [6.45, 7) is 5.33. The minimum Gasteiger partial charge on any atom is -0.386 e. The summed E-state index contributed by atoms with van der Waals surface area (Å²) in [5.41, 5.74) is 1.45. The van der Waals surface area contributed by atoms with E-state index in [0.717, 1.165) is 16.9 Å². The molecule has 2 rings (SSSR count). The standard InChI is InChI=1S/C13H16N2O2/c1-9-8-14-12(16)15(9)11-6-4-10(5-7-11)13(2,3)17/h4-8,17H,1-3H3,(H,14,16). The number of aryl methyl sites for hydroxylation is 1. The molecular weight excluding hydrogens is 216 g/mol. The third kappa shape index (κ3) is 2.17. The van der Waals surface area contributed by atoms with Crippen LogP contribution >= 0.6 is 0 Å². The number of H-pyrrole nitrogens is 1. The van der Waals surface area contributed by atoms with Gasteiger partial charge in [0.2, 0.25) is 0 Å². The lowest BCUT2D eigenvalue weighted by Crippen LogP contribution is -2.17. The van der Waals surface area contributed by atoms with E-state index in [1.807, 2.05) is 31.2 Å². The van der Waals surface area contributed by atoms with Crippen LogP contribution in [0.4, 0.5) is 0 Å². The molecule has 0 aliphatic heterocycles. The van der Waals surface area contributed by atoms with Gasteiger partial charge in [0.15, 0.2) is 0 Å². The molecule has 4 nitrogen and oxygen atoms in total. The van der Waals surface area contributed by atoms with Gasteiger partial charge in [0, 0.05) is 11.9 Å². The van der Waals surface area contributed by atoms with Crippen LogP contribution in [0.3, 0.4) is 0 Å². The minimum atomic E-state index is -0.864.